The van der Waals surface area contributed by atoms with Gasteiger partial charge in [-0.2, -0.15) is 0 Å². The highest BCUT2D eigenvalue weighted by Crippen LogP contribution is 2.62. The van der Waals surface area contributed by atoms with Gasteiger partial charge in [0.25, 0.3) is 0 Å². The molecule has 4 aliphatic carbocycles. The van der Waals surface area contributed by atoms with Gasteiger partial charge in [-0.05, 0) is 75.0 Å². The van der Waals surface area contributed by atoms with Crippen molar-refractivity contribution in [2.45, 2.75) is 57.9 Å². The van der Waals surface area contributed by atoms with Crippen LogP contribution in [-0.2, 0) is 9.59 Å². The standard InChI is InChI=1S/C21H25N3O2S/c1-12-3-4-16-17(5-12)27-19(22-16)23-18(26)20-7-14-6-15(8-20)10-21(9-14,11-20)24-13(2)25/h3-5,14-15H,6-11H2,1-2H3,(H,24,25)(H,22,23,26). The first kappa shape index (κ1) is 17.2. The van der Waals surface area contributed by atoms with Gasteiger partial charge in [0, 0.05) is 12.5 Å². The average Bonchev–Trinajstić information content (AvgIpc) is 2.93. The first-order valence-electron chi connectivity index (χ1n) is 9.82. The summed E-state index contributed by atoms with van der Waals surface area (Å²) in [5.74, 6) is 1.21. The van der Waals surface area contributed by atoms with Crippen molar-refractivity contribution < 1.29 is 9.59 Å². The van der Waals surface area contributed by atoms with Gasteiger partial charge in [-0.1, -0.05) is 17.4 Å². The van der Waals surface area contributed by atoms with E-state index in [2.05, 4.69) is 28.6 Å². The Morgan fingerprint density at radius 2 is 1.93 bits per heavy atom. The molecule has 2 atom stereocenters. The Balaban J connectivity index is 1.42. The maximum Gasteiger partial charge on any atom is 0.232 e. The number of thiazole rings is 1. The summed E-state index contributed by atoms with van der Waals surface area (Å²) in [6, 6.07) is 6.16. The summed E-state index contributed by atoms with van der Waals surface area (Å²) in [7, 11) is 0. The predicted molar refractivity (Wildman–Crippen MR) is 107 cm³/mol. The van der Waals surface area contributed by atoms with Gasteiger partial charge in [-0.25, -0.2) is 4.98 Å². The van der Waals surface area contributed by atoms with Crippen LogP contribution in [0.25, 0.3) is 10.2 Å². The molecule has 0 spiro atoms. The summed E-state index contributed by atoms with van der Waals surface area (Å²) in [5.41, 5.74) is 1.58. The number of carbonyl (C=O) groups is 2. The molecule has 1 aromatic heterocycles. The Morgan fingerprint density at radius 3 is 2.63 bits per heavy atom. The van der Waals surface area contributed by atoms with Gasteiger partial charge in [0.1, 0.15) is 0 Å². The molecular formula is C21H25N3O2S. The van der Waals surface area contributed by atoms with Crippen LogP contribution in [0.2, 0.25) is 0 Å². The Hall–Kier alpha value is -1.95. The van der Waals surface area contributed by atoms with Gasteiger partial charge in [-0.3, -0.25) is 9.59 Å². The lowest BCUT2D eigenvalue weighted by molar-refractivity contribution is -0.148. The Morgan fingerprint density at radius 1 is 1.19 bits per heavy atom. The smallest absolute Gasteiger partial charge is 0.232 e. The lowest BCUT2D eigenvalue weighted by atomic mass is 9.46. The third-order valence-corrected chi connectivity index (χ3v) is 7.68. The van der Waals surface area contributed by atoms with Gasteiger partial charge in [0.15, 0.2) is 5.13 Å². The highest BCUT2D eigenvalue weighted by Gasteiger charge is 2.60. The van der Waals surface area contributed by atoms with Crippen LogP contribution >= 0.6 is 11.3 Å². The van der Waals surface area contributed by atoms with Crippen LogP contribution in [0.1, 0.15) is 51.0 Å². The number of aryl methyl sites for hydroxylation is 1. The minimum atomic E-state index is -0.361. The number of nitrogens with zero attached hydrogens (tertiary/aromatic N) is 1. The molecule has 1 heterocycles. The van der Waals surface area contributed by atoms with Crippen LogP contribution in [0.15, 0.2) is 18.2 Å². The highest BCUT2D eigenvalue weighted by atomic mass is 32.1. The number of aromatic nitrogens is 1. The minimum Gasteiger partial charge on any atom is -0.351 e. The topological polar surface area (TPSA) is 71.1 Å². The van der Waals surface area contributed by atoms with Crippen LogP contribution < -0.4 is 10.6 Å². The molecule has 4 bridgehead atoms. The molecule has 4 aliphatic rings. The zero-order valence-electron chi connectivity index (χ0n) is 15.8. The molecule has 2 amide bonds. The summed E-state index contributed by atoms with van der Waals surface area (Å²) in [5, 5.41) is 7.05. The molecular weight excluding hydrogens is 358 g/mol. The molecule has 0 saturated heterocycles. The first-order chi connectivity index (χ1) is 12.8. The van der Waals surface area contributed by atoms with Gasteiger partial charge in [0.05, 0.1) is 15.6 Å². The number of hydrogen-bond donors (Lipinski definition) is 2. The number of anilines is 1. The Kier molecular flexibility index (Phi) is 3.67. The molecule has 2 aromatic rings. The van der Waals surface area contributed by atoms with Crippen LogP contribution in [0.3, 0.4) is 0 Å². The van der Waals surface area contributed by atoms with E-state index in [0.717, 1.165) is 42.3 Å². The fourth-order valence-electron chi connectivity index (χ4n) is 6.36. The SMILES string of the molecule is CC(=O)NC12CC3CC(C1)CC(C(=O)Nc1nc4ccc(C)cc4s1)(C3)C2. The number of nitrogens with one attached hydrogen (secondary N) is 2. The van der Waals surface area contributed by atoms with Crippen molar-refractivity contribution in [3.05, 3.63) is 23.8 Å². The molecule has 2 N–H and O–H groups in total. The second kappa shape index (κ2) is 5.77. The van der Waals surface area contributed by atoms with E-state index in [-0.39, 0.29) is 22.8 Å². The van der Waals surface area contributed by atoms with E-state index in [1.54, 1.807) is 18.3 Å². The van der Waals surface area contributed by atoms with Crippen molar-refractivity contribution in [2.75, 3.05) is 5.32 Å². The molecule has 142 valence electrons. The molecule has 0 aliphatic heterocycles. The zero-order valence-corrected chi connectivity index (χ0v) is 16.6. The molecule has 27 heavy (non-hydrogen) atoms. The molecule has 4 saturated carbocycles. The normalized spacial score (nSPS) is 34.0. The highest BCUT2D eigenvalue weighted by molar-refractivity contribution is 7.22. The molecule has 0 radical (unpaired) electrons. The van der Waals surface area contributed by atoms with Gasteiger partial charge < -0.3 is 10.6 Å². The number of amides is 2. The Bertz CT molecular complexity index is 936. The van der Waals surface area contributed by atoms with Gasteiger partial charge in [0.2, 0.25) is 11.8 Å². The number of fused-ring (bicyclic) bond motifs is 1. The maximum absolute atomic E-state index is 13.4. The van der Waals surface area contributed by atoms with Crippen LogP contribution in [-0.4, -0.2) is 22.3 Å². The lowest BCUT2D eigenvalue weighted by Gasteiger charge is -2.61. The van der Waals surface area contributed by atoms with E-state index in [4.69, 9.17) is 0 Å². The van der Waals surface area contributed by atoms with Crippen LogP contribution in [0, 0.1) is 24.2 Å². The van der Waals surface area contributed by atoms with Gasteiger partial charge >= 0.3 is 0 Å². The van der Waals surface area contributed by atoms with E-state index >= 15 is 0 Å². The summed E-state index contributed by atoms with van der Waals surface area (Å²) >= 11 is 1.54. The van der Waals surface area contributed by atoms with Crippen molar-refractivity contribution in [2.24, 2.45) is 17.3 Å². The molecule has 1 aromatic carbocycles. The molecule has 5 nitrogen and oxygen atoms in total. The quantitative estimate of drug-likeness (QED) is 0.841. The van der Waals surface area contributed by atoms with E-state index in [1.807, 2.05) is 12.1 Å². The monoisotopic (exact) mass is 383 g/mol. The largest absolute Gasteiger partial charge is 0.351 e. The van der Waals surface area contributed by atoms with Crippen molar-refractivity contribution in [1.82, 2.24) is 10.3 Å². The minimum absolute atomic E-state index is 0.0223. The van der Waals surface area contributed by atoms with E-state index in [0.29, 0.717) is 17.0 Å². The summed E-state index contributed by atoms with van der Waals surface area (Å²) < 4.78 is 1.10. The Labute approximate surface area is 162 Å². The molecule has 4 fully saturated rings. The van der Waals surface area contributed by atoms with Crippen molar-refractivity contribution in [3.8, 4) is 0 Å². The maximum atomic E-state index is 13.4. The van der Waals surface area contributed by atoms with E-state index < -0.39 is 0 Å². The number of rotatable bonds is 3. The zero-order chi connectivity index (χ0) is 18.8. The summed E-state index contributed by atoms with van der Waals surface area (Å²) in [6.45, 7) is 3.66. The molecule has 6 rings (SSSR count). The number of hydrogen-bond acceptors (Lipinski definition) is 4. The van der Waals surface area contributed by atoms with Gasteiger partial charge in [-0.15, -0.1) is 0 Å². The fraction of sp³-hybridized carbons (Fsp3) is 0.571. The van der Waals surface area contributed by atoms with Crippen LogP contribution in [0.4, 0.5) is 5.13 Å². The van der Waals surface area contributed by atoms with Crippen molar-refractivity contribution >= 4 is 38.5 Å². The summed E-state index contributed by atoms with van der Waals surface area (Å²) in [4.78, 5) is 29.8. The second-order valence-corrected chi connectivity index (χ2v) is 10.2. The summed E-state index contributed by atoms with van der Waals surface area (Å²) in [6.07, 6.45) is 5.91. The van der Waals surface area contributed by atoms with E-state index in [1.165, 1.54) is 12.0 Å². The number of benzene rings is 1. The average molecular weight is 384 g/mol. The fourth-order valence-corrected chi connectivity index (χ4v) is 7.32. The first-order valence-corrected chi connectivity index (χ1v) is 10.6. The third-order valence-electron chi connectivity index (χ3n) is 6.75. The lowest BCUT2D eigenvalue weighted by Crippen LogP contribution is -2.65. The number of carbonyl (C=O) groups excluding carboxylic acids is 2. The third kappa shape index (κ3) is 2.85. The van der Waals surface area contributed by atoms with Crippen LogP contribution in [0.5, 0.6) is 0 Å². The second-order valence-electron chi connectivity index (χ2n) is 9.15. The van der Waals surface area contributed by atoms with Crippen molar-refractivity contribution in [1.29, 1.82) is 0 Å². The molecule has 2 unspecified atom stereocenters. The molecule has 6 heteroatoms. The van der Waals surface area contributed by atoms with Crippen molar-refractivity contribution in [3.63, 3.8) is 0 Å². The van der Waals surface area contributed by atoms with E-state index in [9.17, 15) is 9.59 Å². The predicted octanol–water partition coefficient (Wildman–Crippen LogP) is 4.02.